The maximum Gasteiger partial charge on any atom is 0.335 e. The molecule has 0 aromatic heterocycles. The van der Waals surface area contributed by atoms with Gasteiger partial charge in [-0.1, -0.05) is 12.1 Å². The first-order valence-electron chi connectivity index (χ1n) is 11.4. The van der Waals surface area contributed by atoms with Gasteiger partial charge in [0.15, 0.2) is 17.8 Å². The molecule has 2 heterocycles. The van der Waals surface area contributed by atoms with E-state index in [0.29, 0.717) is 5.56 Å². The molecule has 0 aliphatic carbocycles. The number of phenolic OH excluding ortho intramolecular Hbond substituents is 2. The fourth-order valence-corrected chi connectivity index (χ4v) is 4.05. The molecule has 1 saturated heterocycles. The van der Waals surface area contributed by atoms with Crippen molar-refractivity contribution in [2.45, 2.75) is 56.8 Å². The number of esters is 1. The molecule has 1 fully saturated rings. The van der Waals surface area contributed by atoms with Gasteiger partial charge in [-0.25, -0.2) is 4.79 Å². The van der Waals surface area contributed by atoms with Crippen LogP contribution in [0.1, 0.15) is 18.9 Å². The molecule has 3 rings (SSSR count). The molecule has 2 aliphatic heterocycles. The fraction of sp³-hybridized carbons (Fsp3) is 0.500. The van der Waals surface area contributed by atoms with Crippen molar-refractivity contribution < 1.29 is 64.3 Å². The third kappa shape index (κ3) is 6.57. The molecule has 13 heteroatoms. The Balaban J connectivity index is 1.68. The number of carboxylic acid groups (broad SMARTS) is 1. The molecule has 1 aromatic rings. The highest BCUT2D eigenvalue weighted by molar-refractivity contribution is 5.89. The smallest absolute Gasteiger partial charge is 0.335 e. The molecule has 0 bridgehead atoms. The first kappa shape index (κ1) is 28.4. The summed E-state index contributed by atoms with van der Waals surface area (Å²) < 4.78 is 21.6. The molecule has 7 N–H and O–H groups in total. The molecule has 204 valence electrons. The molecule has 2 unspecified atom stereocenters. The Hall–Kier alpha value is -3.20. The highest BCUT2D eigenvalue weighted by atomic mass is 16.8. The topological polar surface area (TPSA) is 213 Å². The normalized spacial score (nSPS) is 30.9. The van der Waals surface area contributed by atoms with Crippen LogP contribution in [0.2, 0.25) is 0 Å². The number of aromatic hydroxyl groups is 2. The molecule has 2 aliphatic rings. The maximum absolute atomic E-state index is 12.6. The number of rotatable bonds is 9. The van der Waals surface area contributed by atoms with E-state index in [2.05, 4.69) is 0 Å². The van der Waals surface area contributed by atoms with Crippen LogP contribution in [0.3, 0.4) is 0 Å². The van der Waals surface area contributed by atoms with Crippen molar-refractivity contribution in [2.24, 2.45) is 5.92 Å². The molecule has 0 amide bonds. The second-order valence-electron chi connectivity index (χ2n) is 8.52. The number of allylic oxidation sites excluding steroid dienone is 1. The predicted molar refractivity (Wildman–Crippen MR) is 122 cm³/mol. The van der Waals surface area contributed by atoms with Gasteiger partial charge in [0.05, 0.1) is 31.5 Å². The van der Waals surface area contributed by atoms with E-state index in [0.717, 1.165) is 6.26 Å². The van der Waals surface area contributed by atoms with E-state index in [1.165, 1.54) is 18.2 Å². The lowest BCUT2D eigenvalue weighted by molar-refractivity contribution is -0.327. The first-order valence-corrected chi connectivity index (χ1v) is 11.4. The second kappa shape index (κ2) is 12.4. The lowest BCUT2D eigenvalue weighted by Gasteiger charge is -2.41. The number of hydrogen-bond donors (Lipinski definition) is 7. The van der Waals surface area contributed by atoms with E-state index in [4.69, 9.17) is 18.9 Å². The second-order valence-corrected chi connectivity index (χ2v) is 8.52. The fourth-order valence-electron chi connectivity index (χ4n) is 4.05. The van der Waals surface area contributed by atoms with E-state index < -0.39 is 67.9 Å². The summed E-state index contributed by atoms with van der Waals surface area (Å²) in [7, 11) is 0. The van der Waals surface area contributed by atoms with Crippen LogP contribution in [0, 0.1) is 5.92 Å². The third-order valence-electron chi connectivity index (χ3n) is 6.12. The minimum absolute atomic E-state index is 0.0750. The van der Waals surface area contributed by atoms with Crippen molar-refractivity contribution in [3.8, 4) is 11.5 Å². The number of aliphatic carboxylic acids is 1. The van der Waals surface area contributed by atoms with Crippen molar-refractivity contribution in [2.75, 3.05) is 13.2 Å². The zero-order valence-corrected chi connectivity index (χ0v) is 19.8. The third-order valence-corrected chi connectivity index (χ3v) is 6.12. The molecule has 37 heavy (non-hydrogen) atoms. The molecule has 7 atom stereocenters. The van der Waals surface area contributed by atoms with Crippen molar-refractivity contribution in [3.63, 3.8) is 0 Å². The predicted octanol–water partition coefficient (Wildman–Crippen LogP) is -0.723. The summed E-state index contributed by atoms with van der Waals surface area (Å²) in [6, 6.07) is 4.17. The Kier molecular flexibility index (Phi) is 9.48. The van der Waals surface area contributed by atoms with Crippen LogP contribution >= 0.6 is 0 Å². The largest absolute Gasteiger partial charge is 0.504 e. The Labute approximate surface area is 211 Å². The van der Waals surface area contributed by atoms with Gasteiger partial charge in [-0.05, 0) is 24.6 Å². The molecule has 13 nitrogen and oxygen atoms in total. The Morgan fingerprint density at radius 1 is 1.08 bits per heavy atom. The summed E-state index contributed by atoms with van der Waals surface area (Å²) in [4.78, 5) is 24.4. The number of aliphatic hydroxyl groups excluding tert-OH is 4. The molecular weight excluding hydrogens is 496 g/mol. The molecule has 0 radical (unpaired) electrons. The van der Waals surface area contributed by atoms with Crippen molar-refractivity contribution >= 4 is 11.9 Å². The zero-order chi connectivity index (χ0) is 27.3. The molecular formula is C24H30O13. The van der Waals surface area contributed by atoms with Crippen LogP contribution in [0.15, 0.2) is 41.7 Å². The van der Waals surface area contributed by atoms with Crippen LogP contribution in [0.25, 0.3) is 0 Å². The van der Waals surface area contributed by atoms with E-state index in [9.17, 15) is 45.3 Å². The minimum atomic E-state index is -1.72. The Morgan fingerprint density at radius 3 is 2.43 bits per heavy atom. The van der Waals surface area contributed by atoms with Gasteiger partial charge in [-0.3, -0.25) is 4.79 Å². The van der Waals surface area contributed by atoms with Gasteiger partial charge < -0.3 is 54.7 Å². The molecule has 0 spiro atoms. The maximum atomic E-state index is 12.6. The van der Waals surface area contributed by atoms with Gasteiger partial charge in [-0.15, -0.1) is 0 Å². The summed E-state index contributed by atoms with van der Waals surface area (Å²) in [5.74, 6) is -3.70. The number of benzene rings is 1. The van der Waals surface area contributed by atoms with Crippen molar-refractivity contribution in [3.05, 3.63) is 47.2 Å². The number of hydrogen-bond acceptors (Lipinski definition) is 12. The Bertz CT molecular complexity index is 1030. The summed E-state index contributed by atoms with van der Waals surface area (Å²) >= 11 is 0. The quantitative estimate of drug-likeness (QED) is 0.120. The first-order chi connectivity index (χ1) is 17.6. The van der Waals surface area contributed by atoms with Crippen LogP contribution < -0.4 is 0 Å². The van der Waals surface area contributed by atoms with Gasteiger partial charge in [-0.2, -0.15) is 0 Å². The molecule has 0 saturated carbocycles. The number of phenols is 2. The van der Waals surface area contributed by atoms with E-state index >= 15 is 0 Å². The van der Waals surface area contributed by atoms with Crippen molar-refractivity contribution in [1.29, 1.82) is 0 Å². The monoisotopic (exact) mass is 526 g/mol. The molecule has 1 aromatic carbocycles. The SMILES string of the molecule is CC=C1C(O[C@@H]2O[C@H](CO)[C@@H](O)[C@H](O)[C@H]2O)OC=C(C(=O)O)C1CC(=O)OCCc1ccc(O)c(O)c1. The number of ether oxygens (including phenoxy) is 4. The van der Waals surface area contributed by atoms with Crippen LogP contribution in [-0.2, 0) is 35.0 Å². The zero-order valence-electron chi connectivity index (χ0n) is 19.8. The lowest BCUT2D eigenvalue weighted by atomic mass is 9.86. The van der Waals surface area contributed by atoms with Gasteiger partial charge >= 0.3 is 11.9 Å². The van der Waals surface area contributed by atoms with Gasteiger partial charge in [0.2, 0.25) is 6.29 Å². The van der Waals surface area contributed by atoms with Crippen molar-refractivity contribution in [1.82, 2.24) is 0 Å². The number of aliphatic hydroxyl groups is 4. The average Bonchev–Trinajstić information content (AvgIpc) is 2.86. The standard InChI is InChI=1S/C24H30O13/c1-2-12-13(8-18(28)34-6-5-11-3-4-15(26)16(27)7-11)14(22(32)33)10-35-23(12)37-24-21(31)20(30)19(29)17(9-25)36-24/h2-4,7,10,13,17,19-21,23-27,29-31H,5-6,8-9H2,1H3,(H,32,33)/t13?,17-,19-,20+,21-,23?,24+/m1/s1. The number of carbonyl (C=O) groups is 2. The highest BCUT2D eigenvalue weighted by Gasteiger charge is 2.46. The van der Waals surface area contributed by atoms with E-state index in [-0.39, 0.29) is 35.7 Å². The summed E-state index contributed by atoms with van der Waals surface area (Å²) in [5.41, 5.74) is 0.557. The summed E-state index contributed by atoms with van der Waals surface area (Å²) in [6.45, 7) is 0.811. The number of carbonyl (C=O) groups excluding carboxylic acids is 1. The minimum Gasteiger partial charge on any atom is -0.504 e. The van der Waals surface area contributed by atoms with Crippen LogP contribution in [0.4, 0.5) is 0 Å². The van der Waals surface area contributed by atoms with Gasteiger partial charge in [0.1, 0.15) is 24.4 Å². The summed E-state index contributed by atoms with van der Waals surface area (Å²) in [5, 5.41) is 68.1. The van der Waals surface area contributed by atoms with Crippen LogP contribution in [-0.4, -0.2) is 97.9 Å². The van der Waals surface area contributed by atoms with E-state index in [1.54, 1.807) is 13.0 Å². The van der Waals surface area contributed by atoms with Gasteiger partial charge in [0.25, 0.3) is 0 Å². The Morgan fingerprint density at radius 2 is 1.81 bits per heavy atom. The lowest BCUT2D eigenvalue weighted by Crippen LogP contribution is -2.60. The summed E-state index contributed by atoms with van der Waals surface area (Å²) in [6.07, 6.45) is -6.90. The van der Waals surface area contributed by atoms with Crippen LogP contribution in [0.5, 0.6) is 11.5 Å². The number of carboxylic acids is 1. The highest BCUT2D eigenvalue weighted by Crippen LogP contribution is 2.36. The van der Waals surface area contributed by atoms with E-state index in [1.807, 2.05) is 0 Å². The average molecular weight is 526 g/mol. The van der Waals surface area contributed by atoms with Gasteiger partial charge in [0, 0.05) is 17.9 Å².